The highest BCUT2D eigenvalue weighted by Crippen LogP contribution is 2.31. The monoisotopic (exact) mass is 477 g/mol. The van der Waals surface area contributed by atoms with E-state index in [0.29, 0.717) is 22.9 Å². The van der Waals surface area contributed by atoms with Gasteiger partial charge in [-0.2, -0.15) is 0 Å². The second-order valence-electron chi connectivity index (χ2n) is 7.95. The average molecular weight is 478 g/mol. The summed E-state index contributed by atoms with van der Waals surface area (Å²) in [5.74, 6) is -1.98. The van der Waals surface area contributed by atoms with Crippen LogP contribution in [0.15, 0.2) is 64.2 Å². The summed E-state index contributed by atoms with van der Waals surface area (Å²) in [6.45, 7) is 9.35. The number of allylic oxidation sites excluding steroid dienone is 1. The van der Waals surface area contributed by atoms with Gasteiger partial charge < -0.3 is 24.7 Å². The van der Waals surface area contributed by atoms with Crippen molar-refractivity contribution in [3.8, 4) is 0 Å². The van der Waals surface area contributed by atoms with Crippen molar-refractivity contribution in [1.82, 2.24) is 10.2 Å². The number of hydrogen-bond acceptors (Lipinski definition) is 6. The molecule has 2 heterocycles. The molecule has 1 aliphatic rings. The largest absolute Gasteiger partial charge is 0.465 e. The predicted molar refractivity (Wildman–Crippen MR) is 130 cm³/mol. The number of carbonyl (C=O) groups excluding carboxylic acids is 4. The molecule has 0 atom stereocenters. The first-order valence-electron chi connectivity index (χ1n) is 10.9. The lowest BCUT2D eigenvalue weighted by Gasteiger charge is -2.14. The van der Waals surface area contributed by atoms with Crippen LogP contribution in [0.4, 0.5) is 5.69 Å². The molecule has 1 aliphatic heterocycles. The molecule has 0 unspecified atom stereocenters. The van der Waals surface area contributed by atoms with Gasteiger partial charge in [0.1, 0.15) is 11.5 Å². The van der Waals surface area contributed by atoms with Gasteiger partial charge in [0.15, 0.2) is 0 Å². The quantitative estimate of drug-likeness (QED) is 0.274. The highest BCUT2D eigenvalue weighted by molar-refractivity contribution is 6.39. The van der Waals surface area contributed by atoms with Gasteiger partial charge >= 0.3 is 17.8 Å². The van der Waals surface area contributed by atoms with Crippen LogP contribution in [0.1, 0.15) is 29.6 Å². The standard InChI is InChI=1S/C26H27N3O6/c1-6-11-29-17(4)22(26(33)34-5)21(25(29)32)13-19-9-10-20(35-19)14-27-23(30)24(31)28-18-8-7-15(2)16(3)12-18/h6-10,12-13H,1,11,14H2,2-5H3,(H,27,30)(H,28,31)/b21-13-. The summed E-state index contributed by atoms with van der Waals surface area (Å²) in [7, 11) is 1.24. The fourth-order valence-electron chi connectivity index (χ4n) is 3.54. The molecule has 1 aromatic carbocycles. The third-order valence-electron chi connectivity index (χ3n) is 5.58. The minimum absolute atomic E-state index is 0.0440. The average Bonchev–Trinajstić information content (AvgIpc) is 3.37. The molecular formula is C26H27N3O6. The van der Waals surface area contributed by atoms with Gasteiger partial charge in [0, 0.05) is 17.9 Å². The zero-order valence-corrected chi connectivity index (χ0v) is 20.1. The minimum Gasteiger partial charge on any atom is -0.465 e. The summed E-state index contributed by atoms with van der Waals surface area (Å²) >= 11 is 0. The number of rotatable bonds is 7. The predicted octanol–water partition coefficient (Wildman–Crippen LogP) is 3.01. The molecule has 0 bridgehead atoms. The number of carbonyl (C=O) groups is 4. The number of furan rings is 1. The summed E-state index contributed by atoms with van der Waals surface area (Å²) in [6, 6.07) is 8.56. The van der Waals surface area contributed by atoms with Crippen molar-refractivity contribution in [3.63, 3.8) is 0 Å². The highest BCUT2D eigenvalue weighted by atomic mass is 16.5. The number of ether oxygens (including phenoxy) is 1. The molecule has 182 valence electrons. The van der Waals surface area contributed by atoms with E-state index in [1.807, 2.05) is 19.9 Å². The number of aryl methyl sites for hydroxylation is 2. The van der Waals surface area contributed by atoms with Crippen molar-refractivity contribution < 1.29 is 28.3 Å². The zero-order chi connectivity index (χ0) is 25.7. The van der Waals surface area contributed by atoms with E-state index >= 15 is 0 Å². The molecule has 3 rings (SSSR count). The molecule has 1 aromatic heterocycles. The molecule has 0 aliphatic carbocycles. The second-order valence-corrected chi connectivity index (χ2v) is 7.95. The smallest absolute Gasteiger partial charge is 0.340 e. The lowest BCUT2D eigenvalue weighted by atomic mass is 10.1. The minimum atomic E-state index is -0.822. The normalized spacial score (nSPS) is 14.3. The Labute approximate surface area is 203 Å². The number of amides is 3. The first kappa shape index (κ1) is 25.2. The maximum absolute atomic E-state index is 12.8. The molecule has 0 radical (unpaired) electrons. The van der Waals surface area contributed by atoms with Crippen LogP contribution in [0.25, 0.3) is 6.08 Å². The van der Waals surface area contributed by atoms with Crippen molar-refractivity contribution in [1.29, 1.82) is 0 Å². The van der Waals surface area contributed by atoms with E-state index in [2.05, 4.69) is 17.2 Å². The fourth-order valence-corrected chi connectivity index (χ4v) is 3.54. The Kier molecular flexibility index (Phi) is 7.70. The Morgan fingerprint density at radius 2 is 1.83 bits per heavy atom. The van der Waals surface area contributed by atoms with Gasteiger partial charge in [0.25, 0.3) is 5.91 Å². The molecule has 9 heteroatoms. The number of benzene rings is 1. The summed E-state index contributed by atoms with van der Waals surface area (Å²) in [4.78, 5) is 50.9. The van der Waals surface area contributed by atoms with Crippen molar-refractivity contribution in [2.75, 3.05) is 19.0 Å². The van der Waals surface area contributed by atoms with E-state index in [1.165, 1.54) is 18.1 Å². The lowest BCUT2D eigenvalue weighted by Crippen LogP contribution is -2.34. The molecule has 2 aromatic rings. The summed E-state index contributed by atoms with van der Waals surface area (Å²) < 4.78 is 10.5. The van der Waals surface area contributed by atoms with Gasteiger partial charge in [0.2, 0.25) is 0 Å². The van der Waals surface area contributed by atoms with Crippen LogP contribution in [0, 0.1) is 13.8 Å². The van der Waals surface area contributed by atoms with E-state index in [9.17, 15) is 19.2 Å². The molecular weight excluding hydrogens is 450 g/mol. The maximum Gasteiger partial charge on any atom is 0.340 e. The number of esters is 1. The Balaban J connectivity index is 1.68. The van der Waals surface area contributed by atoms with Crippen LogP contribution < -0.4 is 10.6 Å². The maximum atomic E-state index is 12.8. The fraction of sp³-hybridized carbons (Fsp3) is 0.231. The van der Waals surface area contributed by atoms with Gasteiger partial charge in [-0.05, 0) is 62.2 Å². The van der Waals surface area contributed by atoms with Gasteiger partial charge in [-0.25, -0.2) is 4.79 Å². The highest BCUT2D eigenvalue weighted by Gasteiger charge is 2.36. The van der Waals surface area contributed by atoms with Crippen molar-refractivity contribution in [2.45, 2.75) is 27.3 Å². The Morgan fingerprint density at radius 1 is 1.09 bits per heavy atom. The van der Waals surface area contributed by atoms with E-state index in [4.69, 9.17) is 9.15 Å². The molecule has 3 amide bonds. The third-order valence-corrected chi connectivity index (χ3v) is 5.58. The second kappa shape index (κ2) is 10.7. The number of nitrogens with one attached hydrogen (secondary N) is 2. The summed E-state index contributed by atoms with van der Waals surface area (Å²) in [5.41, 5.74) is 3.34. The van der Waals surface area contributed by atoms with E-state index in [0.717, 1.165) is 11.1 Å². The first-order chi connectivity index (χ1) is 16.7. The molecule has 9 nitrogen and oxygen atoms in total. The van der Waals surface area contributed by atoms with Crippen molar-refractivity contribution >= 4 is 35.5 Å². The van der Waals surface area contributed by atoms with Crippen LogP contribution in [-0.2, 0) is 30.5 Å². The zero-order valence-electron chi connectivity index (χ0n) is 20.1. The number of hydrogen-bond donors (Lipinski definition) is 2. The Hall–Kier alpha value is -4.40. The third kappa shape index (κ3) is 5.57. The number of anilines is 1. The van der Waals surface area contributed by atoms with Crippen LogP contribution in [0.3, 0.4) is 0 Å². The summed E-state index contributed by atoms with van der Waals surface area (Å²) in [6.07, 6.45) is 3.00. The van der Waals surface area contributed by atoms with Crippen molar-refractivity contribution in [3.05, 3.63) is 82.5 Å². The lowest BCUT2D eigenvalue weighted by molar-refractivity contribution is -0.136. The summed E-state index contributed by atoms with van der Waals surface area (Å²) in [5, 5.41) is 5.05. The molecule has 2 N–H and O–H groups in total. The topological polar surface area (TPSA) is 118 Å². The Bertz CT molecular complexity index is 1270. The van der Waals surface area contributed by atoms with Gasteiger partial charge in [-0.3, -0.25) is 14.4 Å². The molecule has 0 saturated carbocycles. The van der Waals surface area contributed by atoms with E-state index < -0.39 is 17.8 Å². The molecule has 35 heavy (non-hydrogen) atoms. The van der Waals surface area contributed by atoms with Gasteiger partial charge in [-0.15, -0.1) is 6.58 Å². The molecule has 0 spiro atoms. The van der Waals surface area contributed by atoms with Crippen LogP contribution >= 0.6 is 0 Å². The van der Waals surface area contributed by atoms with Crippen molar-refractivity contribution in [2.24, 2.45) is 0 Å². The van der Waals surface area contributed by atoms with Gasteiger partial charge in [-0.1, -0.05) is 12.1 Å². The first-order valence-corrected chi connectivity index (χ1v) is 10.9. The number of nitrogens with zero attached hydrogens (tertiary/aromatic N) is 1. The van der Waals surface area contributed by atoms with Crippen LogP contribution in [0.2, 0.25) is 0 Å². The van der Waals surface area contributed by atoms with Crippen LogP contribution in [-0.4, -0.2) is 42.2 Å². The Morgan fingerprint density at radius 3 is 2.49 bits per heavy atom. The number of methoxy groups -OCH3 is 1. The SMILES string of the molecule is C=CCN1C(=O)/C(=C\c2ccc(CNC(=O)C(=O)Nc3ccc(C)c(C)c3)o2)C(C(=O)OC)=C1C. The van der Waals surface area contributed by atoms with E-state index in [1.54, 1.807) is 37.3 Å². The van der Waals surface area contributed by atoms with Crippen LogP contribution in [0.5, 0.6) is 0 Å². The van der Waals surface area contributed by atoms with Gasteiger partial charge in [0.05, 0.1) is 24.8 Å². The molecule has 0 fully saturated rings. The molecule has 0 saturated heterocycles. The van der Waals surface area contributed by atoms with E-state index in [-0.39, 0.29) is 30.1 Å².